The van der Waals surface area contributed by atoms with Gasteiger partial charge in [0.25, 0.3) is 10.1 Å². The molecule has 21 heavy (non-hydrogen) atoms. The van der Waals surface area contributed by atoms with Gasteiger partial charge < -0.3 is 4.74 Å². The molecule has 0 heterocycles. The molecule has 0 N–H and O–H groups in total. The van der Waals surface area contributed by atoms with Crippen LogP contribution in [0.4, 0.5) is 0 Å². The molecule has 0 aliphatic carbocycles. The van der Waals surface area contributed by atoms with Gasteiger partial charge in [-0.25, -0.2) is 0 Å². The third kappa shape index (κ3) is 7.60. The molecule has 0 aliphatic rings. The number of hydrogen-bond donors (Lipinski definition) is 0. The molecule has 1 aromatic carbocycles. The fraction of sp³-hybridized carbons (Fsp3) is 0.625. The van der Waals surface area contributed by atoms with Gasteiger partial charge in [-0.3, -0.25) is 4.18 Å². The maximum atomic E-state index is 11.9. The summed E-state index contributed by atoms with van der Waals surface area (Å²) in [6.45, 7) is 5.52. The van der Waals surface area contributed by atoms with Crippen LogP contribution >= 0.6 is 0 Å². The Morgan fingerprint density at radius 3 is 2.24 bits per heavy atom. The monoisotopic (exact) mass is 314 g/mol. The Labute approximate surface area is 128 Å². The Bertz CT molecular complexity index is 480. The minimum atomic E-state index is -3.64. The third-order valence-corrected chi connectivity index (χ3v) is 4.45. The highest BCUT2D eigenvalue weighted by molar-refractivity contribution is 7.86. The van der Waals surface area contributed by atoms with Crippen LogP contribution in [0.25, 0.3) is 0 Å². The molecule has 0 aliphatic heterocycles. The lowest BCUT2D eigenvalue weighted by atomic mass is 10.2. The summed E-state index contributed by atoms with van der Waals surface area (Å²) in [5, 5.41) is 0. The fourth-order valence-electron chi connectivity index (χ4n) is 1.84. The predicted octanol–water partition coefficient (Wildman–Crippen LogP) is 3.69. The topological polar surface area (TPSA) is 52.6 Å². The van der Waals surface area contributed by atoms with Crippen LogP contribution < -0.4 is 0 Å². The third-order valence-electron chi connectivity index (χ3n) is 3.12. The summed E-state index contributed by atoms with van der Waals surface area (Å²) in [5.41, 5.74) is 1.02. The van der Waals surface area contributed by atoms with E-state index in [9.17, 15) is 8.42 Å². The second-order valence-corrected chi connectivity index (χ2v) is 6.73. The van der Waals surface area contributed by atoms with Crippen molar-refractivity contribution in [2.24, 2.45) is 0 Å². The molecule has 1 aromatic rings. The molecule has 1 rings (SSSR count). The molecule has 0 spiro atoms. The number of ether oxygens (including phenoxy) is 1. The molecule has 0 saturated carbocycles. The number of hydrogen-bond acceptors (Lipinski definition) is 4. The first-order valence-corrected chi connectivity index (χ1v) is 9.01. The molecule has 0 saturated heterocycles. The Balaban J connectivity index is 2.15. The zero-order valence-corrected chi connectivity index (χ0v) is 13.8. The molecule has 120 valence electrons. The van der Waals surface area contributed by atoms with Gasteiger partial charge in [-0.05, 0) is 31.9 Å². The summed E-state index contributed by atoms with van der Waals surface area (Å²) in [6.07, 6.45) is 5.29. The second-order valence-electron chi connectivity index (χ2n) is 5.12. The van der Waals surface area contributed by atoms with E-state index in [1.807, 2.05) is 6.92 Å². The maximum Gasteiger partial charge on any atom is 0.296 e. The Hall–Kier alpha value is -0.910. The van der Waals surface area contributed by atoms with E-state index in [1.165, 1.54) is 19.3 Å². The van der Waals surface area contributed by atoms with E-state index in [4.69, 9.17) is 8.92 Å². The molecule has 0 radical (unpaired) electrons. The van der Waals surface area contributed by atoms with Crippen molar-refractivity contribution in [1.82, 2.24) is 0 Å². The number of unbranched alkanes of at least 4 members (excludes halogenated alkanes) is 3. The zero-order chi connectivity index (χ0) is 15.6. The highest BCUT2D eigenvalue weighted by Crippen LogP contribution is 2.13. The first-order chi connectivity index (χ1) is 10.1. The van der Waals surface area contributed by atoms with Crippen molar-refractivity contribution in [1.29, 1.82) is 0 Å². The van der Waals surface area contributed by atoms with Crippen molar-refractivity contribution in [3.05, 3.63) is 29.8 Å². The quantitative estimate of drug-likeness (QED) is 0.462. The van der Waals surface area contributed by atoms with Crippen molar-refractivity contribution in [3.8, 4) is 0 Å². The lowest BCUT2D eigenvalue weighted by molar-refractivity contribution is 0.116. The molecule has 0 atom stereocenters. The summed E-state index contributed by atoms with van der Waals surface area (Å²) < 4.78 is 34.2. The van der Waals surface area contributed by atoms with Gasteiger partial charge in [0, 0.05) is 13.2 Å². The number of benzene rings is 1. The molecular weight excluding hydrogens is 288 g/mol. The average molecular weight is 314 g/mol. The Morgan fingerprint density at radius 2 is 1.57 bits per heavy atom. The lowest BCUT2D eigenvalue weighted by Gasteiger charge is -2.07. The summed E-state index contributed by atoms with van der Waals surface area (Å²) in [5.74, 6) is 0. The first kappa shape index (κ1) is 18.1. The van der Waals surface area contributed by atoms with Crippen molar-refractivity contribution < 1.29 is 17.3 Å². The van der Waals surface area contributed by atoms with Gasteiger partial charge in [0.15, 0.2) is 0 Å². The largest absolute Gasteiger partial charge is 0.381 e. The summed E-state index contributed by atoms with van der Waals surface area (Å²) in [7, 11) is -3.64. The molecule has 0 fully saturated rings. The van der Waals surface area contributed by atoms with E-state index in [2.05, 4.69) is 6.92 Å². The van der Waals surface area contributed by atoms with Crippen molar-refractivity contribution >= 4 is 10.1 Å². The summed E-state index contributed by atoms with van der Waals surface area (Å²) in [6, 6.07) is 6.65. The smallest absolute Gasteiger partial charge is 0.296 e. The lowest BCUT2D eigenvalue weighted by Crippen LogP contribution is -2.09. The van der Waals surface area contributed by atoms with Gasteiger partial charge in [0.2, 0.25) is 0 Å². The van der Waals surface area contributed by atoms with Gasteiger partial charge in [-0.15, -0.1) is 0 Å². The van der Waals surface area contributed by atoms with Crippen LogP contribution in [-0.4, -0.2) is 28.2 Å². The van der Waals surface area contributed by atoms with Crippen LogP contribution in [0.15, 0.2) is 29.2 Å². The molecule has 0 amide bonds. The van der Waals surface area contributed by atoms with Crippen molar-refractivity contribution in [3.63, 3.8) is 0 Å². The van der Waals surface area contributed by atoms with Gasteiger partial charge in [0.1, 0.15) is 0 Å². The second kappa shape index (κ2) is 9.92. The summed E-state index contributed by atoms with van der Waals surface area (Å²) in [4.78, 5) is 0.202. The molecule has 0 bridgehead atoms. The Morgan fingerprint density at radius 1 is 0.905 bits per heavy atom. The van der Waals surface area contributed by atoms with Gasteiger partial charge >= 0.3 is 0 Å². The number of rotatable bonds is 11. The van der Waals surface area contributed by atoms with Crippen LogP contribution in [-0.2, 0) is 19.0 Å². The van der Waals surface area contributed by atoms with Gasteiger partial charge in [0.05, 0.1) is 11.5 Å². The molecule has 4 nitrogen and oxygen atoms in total. The average Bonchev–Trinajstić information content (AvgIpc) is 2.46. The maximum absolute atomic E-state index is 11.9. The van der Waals surface area contributed by atoms with Crippen molar-refractivity contribution in [2.45, 2.75) is 50.8 Å². The Kier molecular flexibility index (Phi) is 8.57. The molecular formula is C16H26O4S. The van der Waals surface area contributed by atoms with E-state index in [-0.39, 0.29) is 11.5 Å². The fourth-order valence-corrected chi connectivity index (χ4v) is 2.78. The normalized spacial score (nSPS) is 11.7. The van der Waals surface area contributed by atoms with E-state index in [0.29, 0.717) is 13.0 Å². The number of aryl methyl sites for hydroxylation is 1. The molecule has 5 heteroatoms. The van der Waals surface area contributed by atoms with Crippen LogP contribution in [0, 0.1) is 6.92 Å². The van der Waals surface area contributed by atoms with Gasteiger partial charge in [-0.1, -0.05) is 43.9 Å². The van der Waals surface area contributed by atoms with Crippen molar-refractivity contribution in [2.75, 3.05) is 19.8 Å². The molecule has 0 unspecified atom stereocenters. The van der Waals surface area contributed by atoms with E-state index in [1.54, 1.807) is 24.3 Å². The van der Waals surface area contributed by atoms with Crippen LogP contribution in [0.3, 0.4) is 0 Å². The highest BCUT2D eigenvalue weighted by Gasteiger charge is 2.14. The minimum absolute atomic E-state index is 0.158. The van der Waals surface area contributed by atoms with E-state index in [0.717, 1.165) is 18.6 Å². The highest BCUT2D eigenvalue weighted by atomic mass is 32.2. The van der Waals surface area contributed by atoms with Gasteiger partial charge in [-0.2, -0.15) is 8.42 Å². The zero-order valence-electron chi connectivity index (χ0n) is 13.0. The van der Waals surface area contributed by atoms with Crippen LogP contribution in [0.2, 0.25) is 0 Å². The van der Waals surface area contributed by atoms with E-state index >= 15 is 0 Å². The van der Waals surface area contributed by atoms with Crippen LogP contribution in [0.5, 0.6) is 0 Å². The first-order valence-electron chi connectivity index (χ1n) is 7.60. The minimum Gasteiger partial charge on any atom is -0.381 e. The van der Waals surface area contributed by atoms with Crippen LogP contribution in [0.1, 0.15) is 44.6 Å². The van der Waals surface area contributed by atoms with E-state index < -0.39 is 10.1 Å². The SMILES string of the molecule is CCCCCCOCCCOS(=O)(=O)c1ccc(C)cc1. The predicted molar refractivity (Wildman–Crippen MR) is 83.9 cm³/mol. The summed E-state index contributed by atoms with van der Waals surface area (Å²) >= 11 is 0. The molecule has 0 aromatic heterocycles. The standard InChI is InChI=1S/C16H26O4S/c1-3-4-5-6-12-19-13-7-14-20-21(17,18)16-10-8-15(2)9-11-16/h8-11H,3-7,12-14H2,1-2H3.